The molecule has 3 heteroatoms. The molecule has 0 saturated carbocycles. The molecule has 1 amide bonds. The Morgan fingerprint density at radius 3 is 2.15 bits per heavy atom. The summed E-state index contributed by atoms with van der Waals surface area (Å²) in [6, 6.07) is 24.3. The minimum atomic E-state index is -0.262. The average Bonchev–Trinajstić information content (AvgIpc) is 2.67. The number of carbonyl (C=O) groups excluding carboxylic acids is 1. The van der Waals surface area contributed by atoms with Gasteiger partial charge in [-0.2, -0.15) is 0 Å². The van der Waals surface area contributed by atoms with Crippen LogP contribution in [-0.2, 0) is 11.2 Å². The molecule has 0 unspecified atom stereocenters. The first-order chi connectivity index (χ1) is 12.6. The van der Waals surface area contributed by atoms with E-state index in [1.165, 1.54) is 17.7 Å². The minimum Gasteiger partial charge on any atom is -0.345 e. The number of hydrogen-bond donors (Lipinski definition) is 1. The fourth-order valence-electron chi connectivity index (χ4n) is 2.91. The predicted octanol–water partition coefficient (Wildman–Crippen LogP) is 4.97. The van der Waals surface area contributed by atoms with Crippen LogP contribution >= 0.6 is 0 Å². The molecule has 1 atom stereocenters. The Balaban J connectivity index is 1.71. The van der Waals surface area contributed by atoms with Crippen molar-refractivity contribution in [1.82, 2.24) is 5.32 Å². The van der Waals surface area contributed by atoms with E-state index in [4.69, 9.17) is 0 Å². The van der Waals surface area contributed by atoms with E-state index in [1.807, 2.05) is 49.4 Å². The van der Waals surface area contributed by atoms with Crippen molar-refractivity contribution in [2.75, 3.05) is 0 Å². The summed E-state index contributed by atoms with van der Waals surface area (Å²) in [5, 5.41) is 3.14. The number of halogens is 1. The first kappa shape index (κ1) is 17.9. The van der Waals surface area contributed by atoms with Gasteiger partial charge in [-0.25, -0.2) is 4.39 Å². The first-order valence-electron chi connectivity index (χ1n) is 8.77. The van der Waals surface area contributed by atoms with E-state index in [1.54, 1.807) is 12.1 Å². The second kappa shape index (κ2) is 8.43. The molecule has 0 fully saturated rings. The zero-order valence-electron chi connectivity index (χ0n) is 14.8. The second-order valence-corrected chi connectivity index (χ2v) is 6.45. The highest BCUT2D eigenvalue weighted by molar-refractivity contribution is 5.77. The first-order valence-corrected chi connectivity index (χ1v) is 8.77. The normalized spacial score (nSPS) is 11.8. The summed E-state index contributed by atoms with van der Waals surface area (Å²) in [6.45, 7) is 2.04. The Labute approximate surface area is 153 Å². The topological polar surface area (TPSA) is 29.1 Å². The summed E-state index contributed by atoms with van der Waals surface area (Å²) in [5.41, 5.74) is 4.24. The lowest BCUT2D eigenvalue weighted by Gasteiger charge is -2.20. The molecule has 0 aliphatic carbocycles. The van der Waals surface area contributed by atoms with Gasteiger partial charge in [0.2, 0.25) is 5.91 Å². The number of aryl methyl sites for hydroxylation is 2. The third kappa shape index (κ3) is 4.79. The van der Waals surface area contributed by atoms with Crippen molar-refractivity contribution in [3.63, 3.8) is 0 Å². The largest absolute Gasteiger partial charge is 0.345 e. The molecule has 132 valence electrons. The van der Waals surface area contributed by atoms with E-state index in [9.17, 15) is 9.18 Å². The zero-order valence-corrected chi connectivity index (χ0v) is 14.8. The lowest BCUT2D eigenvalue weighted by Crippen LogP contribution is -2.29. The molecule has 3 aromatic rings. The Bertz CT molecular complexity index is 842. The molecule has 0 aliphatic rings. The summed E-state index contributed by atoms with van der Waals surface area (Å²) in [7, 11) is 0. The summed E-state index contributed by atoms with van der Waals surface area (Å²) in [6.07, 6.45) is 0.947. The molecule has 0 aliphatic heterocycles. The van der Waals surface area contributed by atoms with E-state index in [-0.39, 0.29) is 17.8 Å². The van der Waals surface area contributed by atoms with Gasteiger partial charge in [0.25, 0.3) is 0 Å². The van der Waals surface area contributed by atoms with E-state index < -0.39 is 0 Å². The highest BCUT2D eigenvalue weighted by Gasteiger charge is 2.16. The van der Waals surface area contributed by atoms with Crippen LogP contribution in [0.4, 0.5) is 4.39 Å². The van der Waals surface area contributed by atoms with Gasteiger partial charge in [0.05, 0.1) is 6.04 Å². The van der Waals surface area contributed by atoms with E-state index in [2.05, 4.69) is 17.4 Å². The van der Waals surface area contributed by atoms with Crippen molar-refractivity contribution < 1.29 is 9.18 Å². The fourth-order valence-corrected chi connectivity index (χ4v) is 2.91. The molecular weight excluding hydrogens is 325 g/mol. The Kier molecular flexibility index (Phi) is 5.80. The van der Waals surface area contributed by atoms with Crippen LogP contribution in [0.1, 0.15) is 34.7 Å². The molecule has 26 heavy (non-hydrogen) atoms. The van der Waals surface area contributed by atoms with Gasteiger partial charge in [0.15, 0.2) is 0 Å². The van der Waals surface area contributed by atoms with Crippen molar-refractivity contribution in [2.45, 2.75) is 25.8 Å². The van der Waals surface area contributed by atoms with Crippen molar-refractivity contribution in [2.24, 2.45) is 0 Å². The number of nitrogens with one attached hydrogen (secondary N) is 1. The van der Waals surface area contributed by atoms with Gasteiger partial charge in [-0.1, -0.05) is 72.3 Å². The van der Waals surface area contributed by atoms with E-state index in [0.29, 0.717) is 12.8 Å². The van der Waals surface area contributed by atoms with Gasteiger partial charge < -0.3 is 5.32 Å². The zero-order chi connectivity index (χ0) is 18.4. The van der Waals surface area contributed by atoms with Crippen molar-refractivity contribution in [1.29, 1.82) is 0 Å². The van der Waals surface area contributed by atoms with Gasteiger partial charge in [-0.15, -0.1) is 0 Å². The van der Waals surface area contributed by atoms with Crippen LogP contribution in [0.15, 0.2) is 78.9 Å². The monoisotopic (exact) mass is 347 g/mol. The van der Waals surface area contributed by atoms with E-state index in [0.717, 1.165) is 16.7 Å². The molecule has 0 saturated heterocycles. The molecule has 0 bridgehead atoms. The van der Waals surface area contributed by atoms with Crippen LogP contribution in [0, 0.1) is 12.7 Å². The number of hydrogen-bond acceptors (Lipinski definition) is 1. The van der Waals surface area contributed by atoms with Crippen LogP contribution in [0.25, 0.3) is 0 Å². The summed E-state index contributed by atoms with van der Waals surface area (Å²) >= 11 is 0. The molecule has 3 aromatic carbocycles. The maximum Gasteiger partial charge on any atom is 0.221 e. The van der Waals surface area contributed by atoms with Crippen molar-refractivity contribution in [3.05, 3.63) is 107 Å². The number of amides is 1. The predicted molar refractivity (Wildman–Crippen MR) is 102 cm³/mol. The minimum absolute atomic E-state index is 0.0243. The Hall–Kier alpha value is -2.94. The third-order valence-electron chi connectivity index (χ3n) is 4.40. The van der Waals surface area contributed by atoms with Crippen LogP contribution in [0.2, 0.25) is 0 Å². The van der Waals surface area contributed by atoms with E-state index >= 15 is 0 Å². The fraction of sp³-hybridized carbons (Fsp3) is 0.174. The number of carbonyl (C=O) groups is 1. The van der Waals surface area contributed by atoms with Gasteiger partial charge in [0.1, 0.15) is 5.82 Å². The lowest BCUT2D eigenvalue weighted by molar-refractivity contribution is -0.121. The molecular formula is C23H22FNO. The van der Waals surface area contributed by atoms with Crippen LogP contribution in [0.5, 0.6) is 0 Å². The average molecular weight is 347 g/mol. The van der Waals surface area contributed by atoms with Crippen LogP contribution in [0.3, 0.4) is 0 Å². The van der Waals surface area contributed by atoms with Gasteiger partial charge >= 0.3 is 0 Å². The van der Waals surface area contributed by atoms with Crippen molar-refractivity contribution in [3.8, 4) is 0 Å². The maximum absolute atomic E-state index is 13.0. The quantitative estimate of drug-likeness (QED) is 0.670. The van der Waals surface area contributed by atoms with Gasteiger partial charge in [0, 0.05) is 6.42 Å². The Morgan fingerprint density at radius 1 is 0.885 bits per heavy atom. The molecule has 3 rings (SSSR count). The summed E-state index contributed by atoms with van der Waals surface area (Å²) in [5.74, 6) is -0.287. The highest BCUT2D eigenvalue weighted by atomic mass is 19.1. The molecule has 0 aromatic heterocycles. The smallest absolute Gasteiger partial charge is 0.221 e. The summed E-state index contributed by atoms with van der Waals surface area (Å²) in [4.78, 5) is 12.5. The number of rotatable bonds is 6. The molecule has 1 N–H and O–H groups in total. The van der Waals surface area contributed by atoms with Crippen LogP contribution in [-0.4, -0.2) is 5.91 Å². The molecule has 2 nitrogen and oxygen atoms in total. The van der Waals surface area contributed by atoms with Crippen LogP contribution < -0.4 is 5.32 Å². The SMILES string of the molecule is Cc1ccc([C@@H](NC(=O)CCc2ccc(F)cc2)c2ccccc2)cc1. The lowest BCUT2D eigenvalue weighted by atomic mass is 9.97. The highest BCUT2D eigenvalue weighted by Crippen LogP contribution is 2.22. The summed E-state index contributed by atoms with van der Waals surface area (Å²) < 4.78 is 13.0. The third-order valence-corrected chi connectivity index (χ3v) is 4.40. The maximum atomic E-state index is 13.0. The molecule has 0 radical (unpaired) electrons. The van der Waals surface area contributed by atoms with Crippen molar-refractivity contribution >= 4 is 5.91 Å². The van der Waals surface area contributed by atoms with Gasteiger partial charge in [-0.05, 0) is 42.2 Å². The standard InChI is InChI=1S/C23H22FNO/c1-17-7-12-20(13-8-17)23(19-5-3-2-4-6-19)25-22(26)16-11-18-9-14-21(24)15-10-18/h2-10,12-15,23H,11,16H2,1H3,(H,25,26)/t23-/m0/s1. The Morgan fingerprint density at radius 2 is 1.50 bits per heavy atom. The number of benzene rings is 3. The molecule has 0 heterocycles. The second-order valence-electron chi connectivity index (χ2n) is 6.45. The molecule has 0 spiro atoms. The van der Waals surface area contributed by atoms with Gasteiger partial charge in [-0.3, -0.25) is 4.79 Å².